The summed E-state index contributed by atoms with van der Waals surface area (Å²) in [5, 5.41) is 13.6. The Morgan fingerprint density at radius 3 is 2.61 bits per heavy atom. The molecule has 0 radical (unpaired) electrons. The van der Waals surface area contributed by atoms with E-state index in [1.165, 1.54) is 11.8 Å². The maximum absolute atomic E-state index is 13.3. The first kappa shape index (κ1) is 21.1. The minimum absolute atomic E-state index is 0.0834. The number of aromatic nitrogens is 2. The van der Waals surface area contributed by atoms with Crippen LogP contribution in [0.4, 0.5) is 0 Å². The highest BCUT2D eigenvalue weighted by Gasteiger charge is 2.33. The van der Waals surface area contributed by atoms with Crippen molar-refractivity contribution in [3.05, 3.63) is 64.4 Å². The first-order valence-corrected chi connectivity index (χ1v) is 11.4. The lowest BCUT2D eigenvalue weighted by Gasteiger charge is -2.31. The maximum Gasteiger partial charge on any atom is 0.266 e. The summed E-state index contributed by atoms with van der Waals surface area (Å²) in [5.74, 6) is -0.132. The smallest absolute Gasteiger partial charge is 0.266 e. The molecule has 1 aromatic heterocycles. The average molecular weight is 433 g/mol. The number of amides is 1. The summed E-state index contributed by atoms with van der Waals surface area (Å²) in [4.78, 5) is 30.7. The van der Waals surface area contributed by atoms with Crippen molar-refractivity contribution in [2.75, 3.05) is 5.75 Å². The number of nitrogens with one attached hydrogen (secondary N) is 1. The zero-order valence-electron chi connectivity index (χ0n) is 17.4. The van der Waals surface area contributed by atoms with E-state index in [1.54, 1.807) is 16.7 Å². The van der Waals surface area contributed by atoms with Crippen molar-refractivity contribution in [2.45, 2.75) is 49.7 Å². The Morgan fingerprint density at radius 2 is 1.87 bits per heavy atom. The fourth-order valence-electron chi connectivity index (χ4n) is 4.09. The molecular weight excluding hydrogens is 408 g/mol. The number of fused-ring (bicyclic) bond motifs is 1. The van der Waals surface area contributed by atoms with E-state index in [1.807, 2.05) is 43.3 Å². The topological polar surface area (TPSA) is 87.8 Å². The van der Waals surface area contributed by atoms with E-state index in [0.29, 0.717) is 28.9 Å². The molecule has 1 N–H and O–H groups in total. The molecule has 158 valence electrons. The summed E-state index contributed by atoms with van der Waals surface area (Å²) in [5.41, 5.74) is 1.35. The molecule has 1 heterocycles. The van der Waals surface area contributed by atoms with E-state index in [4.69, 9.17) is 4.98 Å². The van der Waals surface area contributed by atoms with Crippen molar-refractivity contribution in [2.24, 2.45) is 0 Å². The van der Waals surface area contributed by atoms with Crippen molar-refractivity contribution >= 4 is 28.6 Å². The van der Waals surface area contributed by atoms with Gasteiger partial charge >= 0.3 is 0 Å². The minimum atomic E-state index is -0.775. The number of benzene rings is 2. The molecule has 1 fully saturated rings. The molecule has 0 atom stereocenters. The third-order valence-electron chi connectivity index (χ3n) is 5.73. The number of para-hydroxylation sites is 2. The second-order valence-electron chi connectivity index (χ2n) is 7.93. The van der Waals surface area contributed by atoms with E-state index < -0.39 is 5.54 Å². The van der Waals surface area contributed by atoms with Gasteiger partial charge in [-0.3, -0.25) is 14.2 Å². The van der Waals surface area contributed by atoms with Crippen LogP contribution in [-0.2, 0) is 4.79 Å². The van der Waals surface area contributed by atoms with Gasteiger partial charge in [0.1, 0.15) is 5.54 Å². The molecule has 2 aromatic carbocycles. The minimum Gasteiger partial charge on any atom is -0.337 e. The highest BCUT2D eigenvalue weighted by atomic mass is 32.2. The predicted octanol–water partition coefficient (Wildman–Crippen LogP) is 4.13. The number of aryl methyl sites for hydroxylation is 1. The predicted molar refractivity (Wildman–Crippen MR) is 122 cm³/mol. The van der Waals surface area contributed by atoms with Crippen molar-refractivity contribution in [3.8, 4) is 11.8 Å². The van der Waals surface area contributed by atoms with Gasteiger partial charge in [0.2, 0.25) is 5.91 Å². The Bertz CT molecular complexity index is 1220. The highest BCUT2D eigenvalue weighted by molar-refractivity contribution is 7.99. The molecule has 1 aliphatic rings. The number of nitriles is 1. The van der Waals surface area contributed by atoms with Gasteiger partial charge in [0, 0.05) is 0 Å². The number of hydrogen-bond acceptors (Lipinski definition) is 5. The standard InChI is InChI=1S/C24H24N4O2S/c1-17-9-3-6-12-20(17)28-22(30)18-10-4-5-11-19(18)26-23(28)31-15-21(29)27-24(16-25)13-7-2-8-14-24/h3-6,9-12H,2,7-8,13-15H2,1H3,(H,27,29). The molecule has 0 aliphatic heterocycles. The lowest BCUT2D eigenvalue weighted by Crippen LogP contribution is -2.49. The molecule has 0 spiro atoms. The fraction of sp³-hybridized carbons (Fsp3) is 0.333. The van der Waals surface area contributed by atoms with E-state index in [0.717, 1.165) is 30.5 Å². The van der Waals surface area contributed by atoms with Crippen LogP contribution in [-0.4, -0.2) is 26.8 Å². The normalized spacial score (nSPS) is 15.4. The van der Waals surface area contributed by atoms with E-state index in [9.17, 15) is 14.9 Å². The molecule has 0 saturated heterocycles. The van der Waals surface area contributed by atoms with Gasteiger partial charge in [-0.15, -0.1) is 0 Å². The molecule has 4 rings (SSSR count). The van der Waals surface area contributed by atoms with Crippen molar-refractivity contribution in [1.29, 1.82) is 5.26 Å². The zero-order chi connectivity index (χ0) is 21.8. The second kappa shape index (κ2) is 8.94. The number of hydrogen-bond donors (Lipinski definition) is 1. The van der Waals surface area contributed by atoms with Gasteiger partial charge in [0.25, 0.3) is 5.56 Å². The van der Waals surface area contributed by atoms with Crippen LogP contribution < -0.4 is 10.9 Å². The zero-order valence-corrected chi connectivity index (χ0v) is 18.2. The van der Waals surface area contributed by atoms with Crippen LogP contribution in [0.15, 0.2) is 58.5 Å². The van der Waals surface area contributed by atoms with Crippen LogP contribution in [0.1, 0.15) is 37.7 Å². The van der Waals surface area contributed by atoms with Gasteiger partial charge in [-0.05, 0) is 43.5 Å². The van der Waals surface area contributed by atoms with Gasteiger partial charge in [-0.1, -0.05) is 61.4 Å². The summed E-state index contributed by atoms with van der Waals surface area (Å²) in [7, 11) is 0. The largest absolute Gasteiger partial charge is 0.337 e. The van der Waals surface area contributed by atoms with Crippen LogP contribution in [0.2, 0.25) is 0 Å². The lowest BCUT2D eigenvalue weighted by atomic mass is 9.83. The molecular formula is C24H24N4O2S. The van der Waals surface area contributed by atoms with Gasteiger partial charge in [0.05, 0.1) is 28.4 Å². The van der Waals surface area contributed by atoms with Gasteiger partial charge < -0.3 is 5.32 Å². The monoisotopic (exact) mass is 432 g/mol. The number of nitrogens with zero attached hydrogens (tertiary/aromatic N) is 3. The SMILES string of the molecule is Cc1ccccc1-n1c(SCC(=O)NC2(C#N)CCCCC2)nc2ccccc2c1=O. The number of thioether (sulfide) groups is 1. The van der Waals surface area contributed by atoms with Crippen LogP contribution in [0.3, 0.4) is 0 Å². The van der Waals surface area contributed by atoms with E-state index in [2.05, 4.69) is 11.4 Å². The third-order valence-corrected chi connectivity index (χ3v) is 6.67. The second-order valence-corrected chi connectivity index (χ2v) is 8.87. The van der Waals surface area contributed by atoms with Crippen molar-refractivity contribution < 1.29 is 4.79 Å². The molecule has 0 bridgehead atoms. The van der Waals surface area contributed by atoms with Gasteiger partial charge in [-0.25, -0.2) is 4.98 Å². The Balaban J connectivity index is 1.66. The molecule has 0 unspecified atom stereocenters. The summed E-state index contributed by atoms with van der Waals surface area (Å²) < 4.78 is 1.58. The van der Waals surface area contributed by atoms with Crippen LogP contribution >= 0.6 is 11.8 Å². The fourth-order valence-corrected chi connectivity index (χ4v) is 4.89. The molecule has 1 aliphatic carbocycles. The Hall–Kier alpha value is -3.11. The molecule has 1 saturated carbocycles. The lowest BCUT2D eigenvalue weighted by molar-refractivity contribution is -0.120. The van der Waals surface area contributed by atoms with E-state index >= 15 is 0 Å². The third kappa shape index (κ3) is 4.35. The quantitative estimate of drug-likeness (QED) is 0.484. The van der Waals surface area contributed by atoms with Crippen molar-refractivity contribution in [1.82, 2.24) is 14.9 Å². The average Bonchev–Trinajstić information content (AvgIpc) is 2.79. The number of carbonyl (C=O) groups is 1. The van der Waals surface area contributed by atoms with Crippen LogP contribution in [0.25, 0.3) is 16.6 Å². The number of carbonyl (C=O) groups excluding carboxylic acids is 1. The molecule has 31 heavy (non-hydrogen) atoms. The Labute approximate surface area is 185 Å². The van der Waals surface area contributed by atoms with Gasteiger partial charge in [-0.2, -0.15) is 5.26 Å². The first-order chi connectivity index (χ1) is 15.0. The summed E-state index contributed by atoms with van der Waals surface area (Å²) in [6.07, 6.45) is 4.35. The highest BCUT2D eigenvalue weighted by Crippen LogP contribution is 2.28. The maximum atomic E-state index is 13.3. The summed E-state index contributed by atoms with van der Waals surface area (Å²) >= 11 is 1.22. The van der Waals surface area contributed by atoms with Gasteiger partial charge in [0.15, 0.2) is 5.16 Å². The molecule has 3 aromatic rings. The van der Waals surface area contributed by atoms with Crippen LogP contribution in [0.5, 0.6) is 0 Å². The number of rotatable bonds is 5. The Morgan fingerprint density at radius 1 is 1.16 bits per heavy atom. The summed E-state index contributed by atoms with van der Waals surface area (Å²) in [6, 6.07) is 17.2. The summed E-state index contributed by atoms with van der Waals surface area (Å²) in [6.45, 7) is 1.94. The van der Waals surface area contributed by atoms with E-state index in [-0.39, 0.29) is 17.2 Å². The molecule has 7 heteroatoms. The first-order valence-electron chi connectivity index (χ1n) is 10.5. The molecule has 1 amide bonds. The van der Waals surface area contributed by atoms with Crippen molar-refractivity contribution in [3.63, 3.8) is 0 Å². The molecule has 6 nitrogen and oxygen atoms in total. The van der Waals surface area contributed by atoms with Crippen LogP contribution in [0, 0.1) is 18.3 Å². The Kier molecular flexibility index (Phi) is 6.10.